The number of rotatable bonds is 22. The van der Waals surface area contributed by atoms with E-state index in [1.54, 1.807) is 0 Å². The largest absolute Gasteiger partial charge is 0.471 e. The Balaban J connectivity index is 3.96. The van der Waals surface area contributed by atoms with Crippen LogP contribution in [-0.2, 0) is 28.0 Å². The lowest BCUT2D eigenvalue weighted by Crippen LogP contribution is -2.46. The fourth-order valence-electron chi connectivity index (χ4n) is 3.26. The Kier molecular flexibility index (Phi) is 19.4. The van der Waals surface area contributed by atoms with Crippen molar-refractivity contribution in [1.82, 2.24) is 10.6 Å². The van der Waals surface area contributed by atoms with Gasteiger partial charge in [-0.1, -0.05) is 77.5 Å². The SMILES string of the molecule is CCCCCCCCC[C@@H](O)CC(=O)SCCNC(=O)CCNC(=O)[C@H](O)C(C)(C)COP(=O)(O)OC. The maximum atomic E-state index is 12.2. The van der Waals surface area contributed by atoms with Gasteiger partial charge in [-0.15, -0.1) is 0 Å². The van der Waals surface area contributed by atoms with Gasteiger partial charge < -0.3 is 25.7 Å². The van der Waals surface area contributed by atoms with Crippen LogP contribution in [0.2, 0.25) is 0 Å². The van der Waals surface area contributed by atoms with Crippen molar-refractivity contribution in [3.8, 4) is 0 Å². The van der Waals surface area contributed by atoms with Gasteiger partial charge in [-0.05, 0) is 6.42 Å². The van der Waals surface area contributed by atoms with Crippen molar-refractivity contribution in [2.45, 2.75) is 97.2 Å². The summed E-state index contributed by atoms with van der Waals surface area (Å²) < 4.78 is 20.4. The Hall–Kier alpha value is -1.01. The molecule has 37 heavy (non-hydrogen) atoms. The highest BCUT2D eigenvalue weighted by Gasteiger charge is 2.36. The summed E-state index contributed by atoms with van der Waals surface area (Å²) in [5, 5.41) is 25.2. The van der Waals surface area contributed by atoms with Gasteiger partial charge in [-0.25, -0.2) is 4.57 Å². The zero-order chi connectivity index (χ0) is 28.3. The molecule has 0 aliphatic rings. The molecule has 0 heterocycles. The molecule has 5 N–H and O–H groups in total. The maximum Gasteiger partial charge on any atom is 0.471 e. The molecular formula is C24H47N2O9PS. The summed E-state index contributed by atoms with van der Waals surface area (Å²) >= 11 is 1.07. The summed E-state index contributed by atoms with van der Waals surface area (Å²) in [6.45, 7) is 4.98. The minimum atomic E-state index is -4.24. The number of phosphoric ester groups is 1. The van der Waals surface area contributed by atoms with Gasteiger partial charge in [0.15, 0.2) is 5.12 Å². The van der Waals surface area contributed by atoms with Gasteiger partial charge in [-0.3, -0.25) is 23.4 Å². The minimum Gasteiger partial charge on any atom is -0.393 e. The molecule has 0 saturated heterocycles. The lowest BCUT2D eigenvalue weighted by Gasteiger charge is -2.29. The van der Waals surface area contributed by atoms with Crippen LogP contribution in [0.25, 0.3) is 0 Å². The fraction of sp³-hybridized carbons (Fsp3) is 0.875. The van der Waals surface area contributed by atoms with Crippen LogP contribution in [0, 0.1) is 5.41 Å². The maximum absolute atomic E-state index is 12.2. The molecule has 13 heteroatoms. The molecule has 3 atom stereocenters. The Labute approximate surface area is 225 Å². The highest BCUT2D eigenvalue weighted by molar-refractivity contribution is 8.13. The van der Waals surface area contributed by atoms with E-state index in [1.807, 2.05) is 0 Å². The molecule has 0 aromatic heterocycles. The molecule has 0 radical (unpaired) electrons. The summed E-state index contributed by atoms with van der Waals surface area (Å²) in [7, 11) is -3.24. The molecule has 0 aromatic rings. The molecule has 0 aliphatic carbocycles. The van der Waals surface area contributed by atoms with Crippen molar-refractivity contribution in [3.05, 3.63) is 0 Å². The van der Waals surface area contributed by atoms with Gasteiger partial charge in [0, 0.05) is 44.2 Å². The van der Waals surface area contributed by atoms with Crippen LogP contribution in [0.15, 0.2) is 0 Å². The Morgan fingerprint density at radius 2 is 1.62 bits per heavy atom. The number of unbranched alkanes of at least 4 members (excludes halogenated alkanes) is 6. The predicted octanol–water partition coefficient (Wildman–Crippen LogP) is 2.91. The van der Waals surface area contributed by atoms with Crippen LogP contribution < -0.4 is 10.6 Å². The number of aliphatic hydroxyl groups is 2. The first-order valence-electron chi connectivity index (χ1n) is 12.9. The van der Waals surface area contributed by atoms with E-state index in [-0.39, 0.29) is 37.0 Å². The number of thioether (sulfide) groups is 1. The second-order valence-electron chi connectivity index (χ2n) is 9.70. The van der Waals surface area contributed by atoms with Crippen molar-refractivity contribution in [2.75, 3.05) is 32.6 Å². The van der Waals surface area contributed by atoms with Crippen LogP contribution in [0.3, 0.4) is 0 Å². The van der Waals surface area contributed by atoms with Gasteiger partial charge >= 0.3 is 7.82 Å². The number of amides is 2. The number of carbonyl (C=O) groups is 3. The average molecular weight is 571 g/mol. The fourth-order valence-corrected chi connectivity index (χ4v) is 4.61. The third-order valence-electron chi connectivity index (χ3n) is 5.70. The molecule has 0 saturated carbocycles. The van der Waals surface area contributed by atoms with E-state index < -0.39 is 38.0 Å². The average Bonchev–Trinajstić information content (AvgIpc) is 2.84. The van der Waals surface area contributed by atoms with E-state index in [4.69, 9.17) is 4.52 Å². The third kappa shape index (κ3) is 18.8. The Morgan fingerprint density at radius 3 is 2.24 bits per heavy atom. The Bertz CT molecular complexity index is 724. The minimum absolute atomic E-state index is 0.0217. The van der Waals surface area contributed by atoms with E-state index >= 15 is 0 Å². The van der Waals surface area contributed by atoms with Gasteiger partial charge in [0.25, 0.3) is 0 Å². The molecule has 0 aliphatic heterocycles. The normalized spacial score (nSPS) is 15.0. The monoisotopic (exact) mass is 570 g/mol. The number of hydrogen-bond acceptors (Lipinski definition) is 9. The molecule has 11 nitrogen and oxygen atoms in total. The topological polar surface area (TPSA) is 171 Å². The van der Waals surface area contributed by atoms with Crippen molar-refractivity contribution in [1.29, 1.82) is 0 Å². The van der Waals surface area contributed by atoms with E-state index in [0.717, 1.165) is 38.1 Å². The second kappa shape index (κ2) is 20.0. The number of nitrogens with one attached hydrogen (secondary N) is 2. The first kappa shape index (κ1) is 36.0. The third-order valence-corrected chi connectivity index (χ3v) is 7.51. The second-order valence-corrected chi connectivity index (χ2v) is 12.4. The Morgan fingerprint density at radius 1 is 1.00 bits per heavy atom. The first-order valence-corrected chi connectivity index (χ1v) is 15.4. The van der Waals surface area contributed by atoms with Gasteiger partial charge in [0.2, 0.25) is 11.8 Å². The highest BCUT2D eigenvalue weighted by Crippen LogP contribution is 2.43. The lowest BCUT2D eigenvalue weighted by molar-refractivity contribution is -0.137. The number of phosphoric acid groups is 1. The standard InChI is InChI=1S/C24H47N2O9PS/c1-5-6-7-8-9-10-11-12-19(27)17-21(29)37-16-15-25-20(28)13-14-26-23(31)22(30)24(2,3)18-35-36(32,33)34-4/h19,22,27,30H,5-18H2,1-4H3,(H,25,28)(H,26,31)(H,32,33)/t19-,22+/m1/s1. The lowest BCUT2D eigenvalue weighted by atomic mass is 9.87. The molecule has 0 spiro atoms. The van der Waals surface area contributed by atoms with Gasteiger partial charge in [0.05, 0.1) is 12.7 Å². The van der Waals surface area contributed by atoms with Gasteiger partial charge in [-0.2, -0.15) is 0 Å². The first-order chi connectivity index (χ1) is 17.3. The zero-order valence-electron chi connectivity index (χ0n) is 22.7. The summed E-state index contributed by atoms with van der Waals surface area (Å²) in [5.41, 5.74) is -1.19. The van der Waals surface area contributed by atoms with Gasteiger partial charge in [0.1, 0.15) is 6.10 Å². The molecule has 1 unspecified atom stereocenters. The summed E-state index contributed by atoms with van der Waals surface area (Å²) in [6, 6.07) is 0. The molecular weight excluding hydrogens is 523 g/mol. The van der Waals surface area contributed by atoms with Crippen molar-refractivity contribution < 1.29 is 43.1 Å². The molecule has 0 aromatic carbocycles. The summed E-state index contributed by atoms with van der Waals surface area (Å²) in [5.74, 6) is -0.696. The quantitative estimate of drug-likeness (QED) is 0.0963. The number of aliphatic hydroxyl groups excluding tert-OH is 2. The number of hydrogen-bond donors (Lipinski definition) is 5. The van der Waals surface area contributed by atoms with Crippen LogP contribution in [0.4, 0.5) is 0 Å². The molecule has 0 bridgehead atoms. The highest BCUT2D eigenvalue weighted by atomic mass is 32.2. The van der Waals surface area contributed by atoms with Crippen LogP contribution in [0.1, 0.15) is 85.0 Å². The predicted molar refractivity (Wildman–Crippen MR) is 144 cm³/mol. The van der Waals surface area contributed by atoms with Crippen LogP contribution in [0.5, 0.6) is 0 Å². The zero-order valence-corrected chi connectivity index (χ0v) is 24.4. The van der Waals surface area contributed by atoms with E-state index in [1.165, 1.54) is 39.5 Å². The summed E-state index contributed by atoms with van der Waals surface area (Å²) in [4.78, 5) is 45.4. The molecule has 0 fully saturated rings. The molecule has 0 rings (SSSR count). The van der Waals surface area contributed by atoms with Crippen LogP contribution >= 0.6 is 19.6 Å². The van der Waals surface area contributed by atoms with E-state index in [0.29, 0.717) is 12.2 Å². The summed E-state index contributed by atoms with van der Waals surface area (Å²) in [6.07, 6.45) is 6.63. The van der Waals surface area contributed by atoms with Crippen LogP contribution in [-0.4, -0.2) is 76.8 Å². The molecule has 2 amide bonds. The molecule has 218 valence electrons. The number of carbonyl (C=O) groups excluding carboxylic acids is 3. The smallest absolute Gasteiger partial charge is 0.393 e. The van der Waals surface area contributed by atoms with Crippen molar-refractivity contribution in [3.63, 3.8) is 0 Å². The van der Waals surface area contributed by atoms with Crippen molar-refractivity contribution >= 4 is 36.5 Å². The van der Waals surface area contributed by atoms with Crippen molar-refractivity contribution in [2.24, 2.45) is 5.41 Å². The van der Waals surface area contributed by atoms with E-state index in [2.05, 4.69) is 22.1 Å². The van der Waals surface area contributed by atoms with E-state index in [9.17, 15) is 34.1 Å².